The normalized spacial score (nSPS) is 11.8. The maximum atomic E-state index is 13.2. The van der Waals surface area contributed by atoms with E-state index in [1.165, 1.54) is 23.9 Å². The van der Waals surface area contributed by atoms with Crippen LogP contribution in [0.15, 0.2) is 27.5 Å². The van der Waals surface area contributed by atoms with E-state index < -0.39 is 0 Å². The number of nitrogens with two attached hydrogens (primary N) is 1. The van der Waals surface area contributed by atoms with Gasteiger partial charge in [0.25, 0.3) is 0 Å². The largest absolute Gasteiger partial charge is 0.424 e. The van der Waals surface area contributed by atoms with Crippen molar-refractivity contribution in [3.05, 3.63) is 35.8 Å². The van der Waals surface area contributed by atoms with Gasteiger partial charge in [0.1, 0.15) is 5.82 Å². The van der Waals surface area contributed by atoms with Gasteiger partial charge in [-0.05, 0) is 18.2 Å². The van der Waals surface area contributed by atoms with Crippen LogP contribution in [-0.2, 0) is 11.2 Å². The van der Waals surface area contributed by atoms with Crippen molar-refractivity contribution in [2.75, 3.05) is 5.73 Å². The molecule has 2 rings (SSSR count). The number of halogens is 1. The fourth-order valence-electron chi connectivity index (χ4n) is 1.43. The van der Waals surface area contributed by atoms with E-state index in [1.54, 1.807) is 6.07 Å². The van der Waals surface area contributed by atoms with Crippen molar-refractivity contribution in [1.29, 1.82) is 0 Å². The van der Waals surface area contributed by atoms with Gasteiger partial charge in [-0.1, -0.05) is 20.8 Å². The molecule has 0 aliphatic carbocycles. The van der Waals surface area contributed by atoms with Gasteiger partial charge in [-0.15, -0.1) is 22.0 Å². The average molecular weight is 281 g/mol. The lowest BCUT2D eigenvalue weighted by Crippen LogP contribution is -2.11. The Morgan fingerprint density at radius 3 is 2.58 bits per heavy atom. The number of anilines is 1. The molecule has 0 bridgehead atoms. The van der Waals surface area contributed by atoms with Gasteiger partial charge in [0.2, 0.25) is 11.8 Å². The molecular formula is C13H16FN3OS. The summed E-state index contributed by atoms with van der Waals surface area (Å²) in [6, 6.07) is 4.44. The monoisotopic (exact) mass is 281 g/mol. The topological polar surface area (TPSA) is 64.9 Å². The Bertz CT molecular complexity index is 557. The van der Waals surface area contributed by atoms with Gasteiger partial charge in [-0.25, -0.2) is 4.39 Å². The lowest BCUT2D eigenvalue weighted by molar-refractivity contribution is 0.378. The summed E-state index contributed by atoms with van der Waals surface area (Å²) in [5.41, 5.74) is 5.82. The van der Waals surface area contributed by atoms with Crippen LogP contribution in [0.3, 0.4) is 0 Å². The molecule has 0 saturated heterocycles. The lowest BCUT2D eigenvalue weighted by Gasteiger charge is -2.10. The zero-order valence-corrected chi connectivity index (χ0v) is 11.9. The highest BCUT2D eigenvalue weighted by Crippen LogP contribution is 2.27. The molecule has 0 fully saturated rings. The second-order valence-corrected chi connectivity index (χ2v) is 6.31. The van der Waals surface area contributed by atoms with E-state index in [0.717, 1.165) is 4.90 Å². The minimum absolute atomic E-state index is 0.167. The third-order valence-corrected chi connectivity index (χ3v) is 3.32. The van der Waals surface area contributed by atoms with E-state index in [4.69, 9.17) is 10.2 Å². The van der Waals surface area contributed by atoms with Gasteiger partial charge in [0.15, 0.2) is 0 Å². The highest BCUT2D eigenvalue weighted by atomic mass is 32.2. The van der Waals surface area contributed by atoms with Gasteiger partial charge in [0.05, 0.1) is 5.75 Å². The Labute approximate surface area is 115 Å². The predicted octanol–water partition coefficient (Wildman–Crippen LogP) is 3.38. The van der Waals surface area contributed by atoms with Crippen molar-refractivity contribution in [1.82, 2.24) is 10.2 Å². The SMILES string of the molecule is CC(C)(C)c1nnc(CSc2cc(N)cc(F)c2)o1. The Morgan fingerprint density at radius 1 is 1.26 bits per heavy atom. The summed E-state index contributed by atoms with van der Waals surface area (Å²) in [4.78, 5) is 0.744. The summed E-state index contributed by atoms with van der Waals surface area (Å²) in [5.74, 6) is 1.27. The van der Waals surface area contributed by atoms with Crippen LogP contribution in [0.4, 0.5) is 10.1 Å². The molecule has 0 saturated carbocycles. The fraction of sp³-hybridized carbons (Fsp3) is 0.385. The van der Waals surface area contributed by atoms with Gasteiger partial charge in [-0.3, -0.25) is 0 Å². The molecule has 2 N–H and O–H groups in total. The van der Waals surface area contributed by atoms with E-state index >= 15 is 0 Å². The Kier molecular flexibility index (Phi) is 3.80. The molecule has 4 nitrogen and oxygen atoms in total. The predicted molar refractivity (Wildman–Crippen MR) is 73.4 cm³/mol. The minimum atomic E-state index is -0.344. The molecule has 0 aliphatic heterocycles. The minimum Gasteiger partial charge on any atom is -0.424 e. The van der Waals surface area contributed by atoms with E-state index in [0.29, 0.717) is 23.2 Å². The van der Waals surface area contributed by atoms with Gasteiger partial charge < -0.3 is 10.2 Å². The number of aromatic nitrogens is 2. The number of nitrogens with zero attached hydrogens (tertiary/aromatic N) is 2. The summed E-state index contributed by atoms with van der Waals surface area (Å²) in [7, 11) is 0. The van der Waals surface area contributed by atoms with E-state index in [2.05, 4.69) is 10.2 Å². The van der Waals surface area contributed by atoms with Crippen molar-refractivity contribution in [2.24, 2.45) is 0 Å². The number of rotatable bonds is 3. The van der Waals surface area contributed by atoms with Crippen LogP contribution in [0, 0.1) is 5.82 Å². The second kappa shape index (κ2) is 5.21. The molecule has 1 aromatic carbocycles. The summed E-state index contributed by atoms with van der Waals surface area (Å²) in [6.45, 7) is 6.01. The van der Waals surface area contributed by atoms with Crippen LogP contribution in [-0.4, -0.2) is 10.2 Å². The molecule has 2 aromatic rings. The Morgan fingerprint density at radius 2 is 2.00 bits per heavy atom. The van der Waals surface area contributed by atoms with Crippen molar-refractivity contribution < 1.29 is 8.81 Å². The van der Waals surface area contributed by atoms with Crippen LogP contribution in [0.1, 0.15) is 32.6 Å². The standard InChI is InChI=1S/C13H16FN3OS/c1-13(2,3)12-17-16-11(18-12)7-19-10-5-8(14)4-9(15)6-10/h4-6H,7,15H2,1-3H3. The number of thioether (sulfide) groups is 1. The molecule has 0 aliphatic rings. The first kappa shape index (κ1) is 13.9. The third kappa shape index (κ3) is 3.70. The van der Waals surface area contributed by atoms with Crippen molar-refractivity contribution in [2.45, 2.75) is 36.8 Å². The zero-order chi connectivity index (χ0) is 14.0. The smallest absolute Gasteiger partial charge is 0.226 e. The highest BCUT2D eigenvalue weighted by molar-refractivity contribution is 7.98. The molecule has 0 spiro atoms. The molecular weight excluding hydrogens is 265 g/mol. The highest BCUT2D eigenvalue weighted by Gasteiger charge is 2.21. The molecule has 1 heterocycles. The van der Waals surface area contributed by atoms with E-state index in [-0.39, 0.29) is 11.2 Å². The Balaban J connectivity index is 2.04. The summed E-state index contributed by atoms with van der Waals surface area (Å²) >= 11 is 1.41. The first-order chi connectivity index (χ1) is 8.84. The van der Waals surface area contributed by atoms with Crippen LogP contribution in [0.5, 0.6) is 0 Å². The maximum Gasteiger partial charge on any atom is 0.226 e. The fourth-order valence-corrected chi connectivity index (χ4v) is 2.25. The van der Waals surface area contributed by atoms with Crippen LogP contribution < -0.4 is 5.73 Å². The van der Waals surface area contributed by atoms with Crippen molar-refractivity contribution in [3.8, 4) is 0 Å². The zero-order valence-electron chi connectivity index (χ0n) is 11.1. The number of benzene rings is 1. The summed E-state index contributed by atoms with van der Waals surface area (Å²) in [6.07, 6.45) is 0. The van der Waals surface area contributed by atoms with E-state index in [9.17, 15) is 4.39 Å². The number of hydrogen-bond acceptors (Lipinski definition) is 5. The molecule has 0 amide bonds. The summed E-state index contributed by atoms with van der Waals surface area (Å²) < 4.78 is 18.7. The Hall–Kier alpha value is -1.56. The lowest BCUT2D eigenvalue weighted by atomic mass is 9.97. The average Bonchev–Trinajstić information content (AvgIpc) is 2.73. The summed E-state index contributed by atoms with van der Waals surface area (Å²) in [5, 5.41) is 7.99. The first-order valence-electron chi connectivity index (χ1n) is 5.86. The van der Waals surface area contributed by atoms with Crippen molar-refractivity contribution in [3.63, 3.8) is 0 Å². The second-order valence-electron chi connectivity index (χ2n) is 5.26. The first-order valence-corrected chi connectivity index (χ1v) is 6.85. The molecule has 6 heteroatoms. The van der Waals surface area contributed by atoms with Crippen LogP contribution >= 0.6 is 11.8 Å². The molecule has 0 radical (unpaired) electrons. The molecule has 1 aromatic heterocycles. The molecule has 0 atom stereocenters. The number of hydrogen-bond donors (Lipinski definition) is 1. The van der Waals surface area contributed by atoms with Gasteiger partial charge in [-0.2, -0.15) is 0 Å². The molecule has 0 unspecified atom stereocenters. The number of nitrogen functional groups attached to an aromatic ring is 1. The molecule has 19 heavy (non-hydrogen) atoms. The van der Waals surface area contributed by atoms with Crippen LogP contribution in [0.25, 0.3) is 0 Å². The van der Waals surface area contributed by atoms with Crippen molar-refractivity contribution >= 4 is 17.4 Å². The van der Waals surface area contributed by atoms with Gasteiger partial charge >= 0.3 is 0 Å². The van der Waals surface area contributed by atoms with Crippen LogP contribution in [0.2, 0.25) is 0 Å². The quantitative estimate of drug-likeness (QED) is 0.690. The third-order valence-electron chi connectivity index (χ3n) is 2.36. The molecule has 102 valence electrons. The van der Waals surface area contributed by atoms with E-state index in [1.807, 2.05) is 20.8 Å². The maximum absolute atomic E-state index is 13.2. The van der Waals surface area contributed by atoms with Gasteiger partial charge in [0, 0.05) is 16.0 Å².